The Morgan fingerprint density at radius 3 is 2.68 bits per heavy atom. The van der Waals surface area contributed by atoms with Gasteiger partial charge < -0.3 is 15.2 Å². The molecule has 1 aromatic carbocycles. The van der Waals surface area contributed by atoms with Crippen LogP contribution < -0.4 is 10.1 Å². The van der Waals surface area contributed by atoms with Crippen molar-refractivity contribution in [2.75, 3.05) is 11.9 Å². The number of rotatable bonds is 6. The van der Waals surface area contributed by atoms with Gasteiger partial charge in [-0.3, -0.25) is 4.79 Å². The summed E-state index contributed by atoms with van der Waals surface area (Å²) in [6.45, 7) is 3.22. The zero-order valence-corrected chi connectivity index (χ0v) is 11.0. The first-order chi connectivity index (χ1) is 9.04. The summed E-state index contributed by atoms with van der Waals surface area (Å²) in [5.41, 5.74) is 1.06. The van der Waals surface area contributed by atoms with Crippen LogP contribution in [0.4, 0.5) is 5.69 Å². The monoisotopic (exact) mass is 263 g/mol. The highest BCUT2D eigenvalue weighted by Crippen LogP contribution is 2.24. The molecule has 0 saturated carbocycles. The molecule has 0 unspecified atom stereocenters. The maximum absolute atomic E-state index is 11.8. The van der Waals surface area contributed by atoms with Crippen molar-refractivity contribution in [2.45, 2.75) is 20.3 Å². The van der Waals surface area contributed by atoms with Gasteiger partial charge in [0.15, 0.2) is 6.61 Å². The van der Waals surface area contributed by atoms with Gasteiger partial charge in [0.2, 0.25) is 0 Å². The van der Waals surface area contributed by atoms with Crippen molar-refractivity contribution in [3.05, 3.63) is 35.9 Å². The fourth-order valence-corrected chi connectivity index (χ4v) is 1.46. The number of carbonyl (C=O) groups is 2. The van der Waals surface area contributed by atoms with Gasteiger partial charge in [-0.15, -0.1) is 0 Å². The van der Waals surface area contributed by atoms with E-state index in [0.29, 0.717) is 17.0 Å². The molecule has 0 aromatic heterocycles. The first-order valence-corrected chi connectivity index (χ1v) is 5.96. The van der Waals surface area contributed by atoms with E-state index in [1.165, 1.54) is 0 Å². The molecule has 5 nitrogen and oxygen atoms in total. The van der Waals surface area contributed by atoms with E-state index < -0.39 is 12.6 Å². The molecule has 0 aliphatic heterocycles. The van der Waals surface area contributed by atoms with Gasteiger partial charge in [-0.2, -0.15) is 0 Å². The molecule has 0 saturated heterocycles. The lowest BCUT2D eigenvalue weighted by Crippen LogP contribution is -2.15. The molecule has 0 aliphatic carbocycles. The Morgan fingerprint density at radius 1 is 1.37 bits per heavy atom. The summed E-state index contributed by atoms with van der Waals surface area (Å²) in [5, 5.41) is 11.3. The smallest absolute Gasteiger partial charge is 0.341 e. The lowest BCUT2D eigenvalue weighted by molar-refractivity contribution is -0.139. The minimum absolute atomic E-state index is 0.228. The van der Waals surface area contributed by atoms with Crippen LogP contribution in [0.2, 0.25) is 0 Å². The number of anilines is 1. The second-order valence-corrected chi connectivity index (χ2v) is 3.93. The highest BCUT2D eigenvalue weighted by Gasteiger charge is 2.09. The molecule has 0 aliphatic rings. The van der Waals surface area contributed by atoms with Gasteiger partial charge in [-0.1, -0.05) is 25.1 Å². The van der Waals surface area contributed by atoms with Crippen LogP contribution in [0.1, 0.15) is 20.3 Å². The van der Waals surface area contributed by atoms with Crippen molar-refractivity contribution in [1.29, 1.82) is 0 Å². The second kappa shape index (κ2) is 7.20. The van der Waals surface area contributed by atoms with Gasteiger partial charge in [0, 0.05) is 5.57 Å². The van der Waals surface area contributed by atoms with E-state index in [4.69, 9.17) is 9.84 Å². The Balaban J connectivity index is 2.80. The van der Waals surface area contributed by atoms with Crippen molar-refractivity contribution >= 4 is 17.6 Å². The fourth-order valence-electron chi connectivity index (χ4n) is 1.46. The summed E-state index contributed by atoms with van der Waals surface area (Å²) < 4.78 is 5.11. The normalized spacial score (nSPS) is 10.9. The number of allylic oxidation sites excluding steroid dienone is 1. The standard InChI is InChI=1S/C14H17NO4/c1-3-6-10(2)14(18)15-11-7-4-5-8-12(11)19-9-13(16)17/h4-8H,3,9H2,1-2H3,(H,15,18)(H,16,17). The molecule has 1 amide bonds. The molecule has 1 aromatic rings. The number of nitrogens with one attached hydrogen (secondary N) is 1. The lowest BCUT2D eigenvalue weighted by Gasteiger charge is -2.11. The van der Waals surface area contributed by atoms with Crippen molar-refractivity contribution in [3.8, 4) is 5.75 Å². The van der Waals surface area contributed by atoms with Gasteiger partial charge in [0.25, 0.3) is 5.91 Å². The fraction of sp³-hybridized carbons (Fsp3) is 0.286. The van der Waals surface area contributed by atoms with Crippen LogP contribution in [0.5, 0.6) is 5.75 Å². The third kappa shape index (κ3) is 4.83. The van der Waals surface area contributed by atoms with E-state index in [-0.39, 0.29) is 5.91 Å². The zero-order chi connectivity index (χ0) is 14.3. The molecule has 0 fully saturated rings. The molecular formula is C14H17NO4. The summed E-state index contributed by atoms with van der Waals surface area (Å²) in [6, 6.07) is 6.72. The van der Waals surface area contributed by atoms with E-state index in [0.717, 1.165) is 6.42 Å². The predicted molar refractivity (Wildman–Crippen MR) is 72.3 cm³/mol. The number of carboxylic acid groups (broad SMARTS) is 1. The van der Waals surface area contributed by atoms with E-state index in [2.05, 4.69) is 5.32 Å². The van der Waals surface area contributed by atoms with Crippen molar-refractivity contribution in [2.24, 2.45) is 0 Å². The molecule has 102 valence electrons. The highest BCUT2D eigenvalue weighted by molar-refractivity contribution is 6.04. The van der Waals surface area contributed by atoms with E-state index in [9.17, 15) is 9.59 Å². The van der Waals surface area contributed by atoms with E-state index in [1.807, 2.05) is 13.0 Å². The van der Waals surface area contributed by atoms with Gasteiger partial charge in [-0.25, -0.2) is 4.79 Å². The summed E-state index contributed by atoms with van der Waals surface area (Å²) in [6.07, 6.45) is 2.59. The van der Waals surface area contributed by atoms with Crippen molar-refractivity contribution in [3.63, 3.8) is 0 Å². The number of carbonyl (C=O) groups excluding carboxylic acids is 1. The van der Waals surface area contributed by atoms with Crippen LogP contribution in [0.15, 0.2) is 35.9 Å². The number of aliphatic carboxylic acids is 1. The maximum Gasteiger partial charge on any atom is 0.341 e. The number of para-hydroxylation sites is 2. The van der Waals surface area contributed by atoms with Gasteiger partial charge >= 0.3 is 5.97 Å². The van der Waals surface area contributed by atoms with Gasteiger partial charge in [0.05, 0.1) is 5.69 Å². The molecular weight excluding hydrogens is 246 g/mol. The second-order valence-electron chi connectivity index (χ2n) is 3.93. The Labute approximate surface area is 111 Å². The van der Waals surface area contributed by atoms with Crippen LogP contribution in [0, 0.1) is 0 Å². The minimum Gasteiger partial charge on any atom is -0.480 e. The third-order valence-corrected chi connectivity index (χ3v) is 2.35. The number of amides is 1. The SMILES string of the molecule is CCC=C(C)C(=O)Nc1ccccc1OCC(=O)O. The predicted octanol–water partition coefficient (Wildman–Crippen LogP) is 2.44. The largest absolute Gasteiger partial charge is 0.480 e. The Bertz CT molecular complexity index is 494. The molecule has 0 atom stereocenters. The van der Waals surface area contributed by atoms with Crippen LogP contribution in [-0.4, -0.2) is 23.6 Å². The third-order valence-electron chi connectivity index (χ3n) is 2.35. The lowest BCUT2D eigenvalue weighted by atomic mass is 10.2. The highest BCUT2D eigenvalue weighted by atomic mass is 16.5. The molecule has 0 heterocycles. The molecule has 1 rings (SSSR count). The summed E-state index contributed by atoms with van der Waals surface area (Å²) >= 11 is 0. The van der Waals surface area contributed by atoms with Gasteiger partial charge in [-0.05, 0) is 25.5 Å². The zero-order valence-electron chi connectivity index (χ0n) is 11.0. The number of carboxylic acids is 1. The molecule has 0 radical (unpaired) electrons. The summed E-state index contributed by atoms with van der Waals surface area (Å²) in [4.78, 5) is 22.3. The summed E-state index contributed by atoms with van der Waals surface area (Å²) in [5.74, 6) is -0.959. The molecule has 19 heavy (non-hydrogen) atoms. The van der Waals surface area contributed by atoms with E-state index >= 15 is 0 Å². The Kier molecular flexibility index (Phi) is 5.60. The van der Waals surface area contributed by atoms with Crippen LogP contribution in [0.3, 0.4) is 0 Å². The topological polar surface area (TPSA) is 75.6 Å². The molecule has 2 N–H and O–H groups in total. The number of hydrogen-bond donors (Lipinski definition) is 2. The van der Waals surface area contributed by atoms with Crippen LogP contribution in [-0.2, 0) is 9.59 Å². The Hall–Kier alpha value is -2.30. The average molecular weight is 263 g/mol. The number of hydrogen-bond acceptors (Lipinski definition) is 3. The average Bonchev–Trinajstić information content (AvgIpc) is 2.37. The Morgan fingerprint density at radius 2 is 2.05 bits per heavy atom. The van der Waals surface area contributed by atoms with Crippen molar-refractivity contribution in [1.82, 2.24) is 0 Å². The number of ether oxygens (including phenoxy) is 1. The summed E-state index contributed by atoms with van der Waals surface area (Å²) in [7, 11) is 0. The molecule has 0 bridgehead atoms. The quantitative estimate of drug-likeness (QED) is 0.773. The number of benzene rings is 1. The first-order valence-electron chi connectivity index (χ1n) is 5.96. The molecule has 5 heteroatoms. The minimum atomic E-state index is -1.07. The van der Waals surface area contributed by atoms with Crippen LogP contribution in [0.25, 0.3) is 0 Å². The maximum atomic E-state index is 11.8. The first kappa shape index (κ1) is 14.8. The van der Waals surface area contributed by atoms with Crippen LogP contribution >= 0.6 is 0 Å². The van der Waals surface area contributed by atoms with Gasteiger partial charge in [0.1, 0.15) is 5.75 Å². The van der Waals surface area contributed by atoms with Crippen molar-refractivity contribution < 1.29 is 19.4 Å². The van der Waals surface area contributed by atoms with E-state index in [1.54, 1.807) is 31.2 Å². The molecule has 0 spiro atoms.